The number of nitrogens with zero attached hydrogens (tertiary/aromatic N) is 3. The van der Waals surface area contributed by atoms with Crippen LogP contribution in [0.1, 0.15) is 28.8 Å². The van der Waals surface area contributed by atoms with Crippen molar-refractivity contribution in [2.24, 2.45) is 0 Å². The summed E-state index contributed by atoms with van der Waals surface area (Å²) in [5, 5.41) is 4.78. The minimum atomic E-state index is -0.436. The summed E-state index contributed by atoms with van der Waals surface area (Å²) in [7, 11) is 0. The first kappa shape index (κ1) is 27.0. The van der Waals surface area contributed by atoms with Crippen LogP contribution in [0.25, 0.3) is 0 Å². The van der Waals surface area contributed by atoms with E-state index in [1.54, 1.807) is 28.4 Å². The van der Waals surface area contributed by atoms with Crippen molar-refractivity contribution < 1.29 is 23.5 Å². The number of benzene rings is 2. The summed E-state index contributed by atoms with van der Waals surface area (Å²) in [6.07, 6.45) is 2.27. The Hall–Kier alpha value is -3.63. The minimum absolute atomic E-state index is 0.0933. The third-order valence-electron chi connectivity index (χ3n) is 7.04. The number of hydrogen-bond donors (Lipinski definition) is 1. The number of thiophene rings is 1. The van der Waals surface area contributed by atoms with E-state index < -0.39 is 11.8 Å². The predicted octanol–water partition coefficient (Wildman–Crippen LogP) is 5.08. The molecule has 0 spiro atoms. The highest BCUT2D eigenvalue weighted by atomic mass is 32.1. The number of carbonyl (C=O) groups excluding carboxylic acids is 2. The van der Waals surface area contributed by atoms with Gasteiger partial charge >= 0.3 is 6.03 Å². The SMILES string of the molecule is Cc1ccsc1CN(Cc1ccc2c(c1)OCO2)C(=O)CN(CCN1CCCC1)C(=O)Nc1cccc(F)c1. The molecule has 10 heteroatoms. The molecule has 8 nitrogen and oxygen atoms in total. The van der Waals surface area contributed by atoms with Gasteiger partial charge in [0.1, 0.15) is 12.4 Å². The Morgan fingerprint density at radius 3 is 2.62 bits per heavy atom. The Morgan fingerprint density at radius 1 is 1.03 bits per heavy atom. The van der Waals surface area contributed by atoms with Crippen molar-refractivity contribution >= 4 is 29.0 Å². The molecule has 0 aliphatic carbocycles. The summed E-state index contributed by atoms with van der Waals surface area (Å²) in [6.45, 7) is 5.96. The van der Waals surface area contributed by atoms with Gasteiger partial charge in [0.15, 0.2) is 11.5 Å². The van der Waals surface area contributed by atoms with E-state index in [0.29, 0.717) is 43.4 Å². The van der Waals surface area contributed by atoms with Crippen LogP contribution in [0.3, 0.4) is 0 Å². The number of rotatable bonds is 10. The quantitative estimate of drug-likeness (QED) is 0.380. The lowest BCUT2D eigenvalue weighted by Crippen LogP contribution is -2.46. The number of hydrogen-bond acceptors (Lipinski definition) is 6. The maximum absolute atomic E-state index is 13.8. The van der Waals surface area contributed by atoms with E-state index in [9.17, 15) is 14.0 Å². The fourth-order valence-electron chi connectivity index (χ4n) is 4.78. The lowest BCUT2D eigenvalue weighted by Gasteiger charge is -2.29. The normalized spacial score (nSPS) is 14.4. The van der Waals surface area contributed by atoms with Gasteiger partial charge in [-0.15, -0.1) is 11.3 Å². The van der Waals surface area contributed by atoms with Crippen LogP contribution in [-0.4, -0.2) is 66.2 Å². The van der Waals surface area contributed by atoms with Crippen molar-refractivity contribution in [1.82, 2.24) is 14.7 Å². The van der Waals surface area contributed by atoms with E-state index in [4.69, 9.17) is 9.47 Å². The third kappa shape index (κ3) is 7.07. The molecule has 206 valence electrons. The van der Waals surface area contributed by atoms with Gasteiger partial charge in [0.2, 0.25) is 12.7 Å². The van der Waals surface area contributed by atoms with Crippen LogP contribution in [0.4, 0.5) is 14.9 Å². The van der Waals surface area contributed by atoms with Crippen LogP contribution in [0, 0.1) is 12.7 Å². The number of anilines is 1. The maximum Gasteiger partial charge on any atom is 0.322 e. The number of aryl methyl sites for hydroxylation is 1. The highest BCUT2D eigenvalue weighted by Crippen LogP contribution is 2.33. The summed E-state index contributed by atoms with van der Waals surface area (Å²) >= 11 is 1.61. The van der Waals surface area contributed by atoms with Crippen molar-refractivity contribution in [2.75, 3.05) is 44.8 Å². The van der Waals surface area contributed by atoms with Crippen LogP contribution < -0.4 is 14.8 Å². The number of likely N-dealkylation sites (tertiary alicyclic amines) is 1. The van der Waals surface area contributed by atoms with Crippen LogP contribution in [-0.2, 0) is 17.9 Å². The van der Waals surface area contributed by atoms with E-state index in [1.807, 2.05) is 36.6 Å². The monoisotopic (exact) mass is 552 g/mol. The number of urea groups is 1. The van der Waals surface area contributed by atoms with E-state index in [0.717, 1.165) is 41.9 Å². The summed E-state index contributed by atoms with van der Waals surface area (Å²) < 4.78 is 24.7. The molecule has 39 heavy (non-hydrogen) atoms. The zero-order valence-corrected chi connectivity index (χ0v) is 22.8. The molecule has 1 saturated heterocycles. The van der Waals surface area contributed by atoms with Gasteiger partial charge in [-0.05, 0) is 85.8 Å². The number of nitrogens with one attached hydrogen (secondary N) is 1. The molecule has 0 radical (unpaired) electrons. The van der Waals surface area contributed by atoms with Crippen molar-refractivity contribution in [2.45, 2.75) is 32.9 Å². The molecule has 2 aliphatic heterocycles. The van der Waals surface area contributed by atoms with Crippen LogP contribution in [0.5, 0.6) is 11.5 Å². The fraction of sp³-hybridized carbons (Fsp3) is 0.379. The summed E-state index contributed by atoms with van der Waals surface area (Å²) in [5.41, 5.74) is 2.39. The van der Waals surface area contributed by atoms with Gasteiger partial charge < -0.3 is 29.5 Å². The van der Waals surface area contributed by atoms with E-state index in [2.05, 4.69) is 10.2 Å². The average molecular weight is 553 g/mol. The molecule has 1 N–H and O–H groups in total. The Labute approximate surface area is 231 Å². The molecule has 2 aliphatic rings. The van der Waals surface area contributed by atoms with Gasteiger partial charge in [0.05, 0.1) is 6.54 Å². The molecule has 3 heterocycles. The molecule has 0 atom stereocenters. The van der Waals surface area contributed by atoms with Gasteiger partial charge in [0.25, 0.3) is 0 Å². The molecule has 3 aromatic rings. The predicted molar refractivity (Wildman–Crippen MR) is 149 cm³/mol. The first-order valence-corrected chi connectivity index (χ1v) is 14.1. The number of amides is 3. The smallest absolute Gasteiger partial charge is 0.322 e. The average Bonchev–Trinajstić information content (AvgIpc) is 3.69. The summed E-state index contributed by atoms with van der Waals surface area (Å²) in [5.74, 6) is 0.742. The molecular formula is C29H33FN4O4S. The molecule has 0 saturated carbocycles. The van der Waals surface area contributed by atoms with Gasteiger partial charge in [0, 0.05) is 30.2 Å². The number of ether oxygens (including phenoxy) is 2. The topological polar surface area (TPSA) is 74.4 Å². The first-order valence-electron chi connectivity index (χ1n) is 13.2. The molecule has 3 amide bonds. The second-order valence-electron chi connectivity index (χ2n) is 9.88. The van der Waals surface area contributed by atoms with Gasteiger partial charge in [-0.1, -0.05) is 12.1 Å². The minimum Gasteiger partial charge on any atom is -0.454 e. The third-order valence-corrected chi connectivity index (χ3v) is 8.05. The Bertz CT molecular complexity index is 1310. The van der Waals surface area contributed by atoms with E-state index in [1.165, 1.54) is 17.0 Å². The Kier molecular flexibility index (Phi) is 8.63. The molecule has 0 unspecified atom stereocenters. The molecule has 2 aromatic carbocycles. The van der Waals surface area contributed by atoms with Crippen LogP contribution in [0.15, 0.2) is 53.9 Å². The highest BCUT2D eigenvalue weighted by Gasteiger charge is 2.25. The molecular weight excluding hydrogens is 519 g/mol. The van der Waals surface area contributed by atoms with Crippen molar-refractivity contribution in [1.29, 1.82) is 0 Å². The zero-order valence-electron chi connectivity index (χ0n) is 22.0. The van der Waals surface area contributed by atoms with Crippen molar-refractivity contribution in [3.05, 3.63) is 75.7 Å². The van der Waals surface area contributed by atoms with Crippen molar-refractivity contribution in [3.8, 4) is 11.5 Å². The van der Waals surface area contributed by atoms with Gasteiger partial charge in [-0.2, -0.15) is 0 Å². The standard InChI is InChI=1S/C29H33FN4O4S/c1-21-9-14-39-27(21)18-34(17-22-7-8-25-26(15-22)38-20-37-25)28(35)19-33(13-12-32-10-2-3-11-32)29(36)31-24-6-4-5-23(30)16-24/h4-9,14-16H,2-3,10-13,17-20H2,1H3,(H,31,36). The second kappa shape index (κ2) is 12.5. The number of fused-ring (bicyclic) bond motifs is 1. The molecule has 5 rings (SSSR count). The van der Waals surface area contributed by atoms with Gasteiger partial charge in [-0.25, -0.2) is 9.18 Å². The zero-order chi connectivity index (χ0) is 27.2. The summed E-state index contributed by atoms with van der Waals surface area (Å²) in [4.78, 5) is 33.8. The lowest BCUT2D eigenvalue weighted by molar-refractivity contribution is -0.133. The Morgan fingerprint density at radius 2 is 1.85 bits per heavy atom. The molecule has 1 fully saturated rings. The van der Waals surface area contributed by atoms with Gasteiger partial charge in [-0.3, -0.25) is 4.79 Å². The van der Waals surface area contributed by atoms with E-state index in [-0.39, 0.29) is 19.2 Å². The largest absolute Gasteiger partial charge is 0.454 e. The van der Waals surface area contributed by atoms with E-state index >= 15 is 0 Å². The fourth-order valence-corrected chi connectivity index (χ4v) is 5.70. The molecule has 0 bridgehead atoms. The van der Waals surface area contributed by atoms with Crippen LogP contribution in [0.2, 0.25) is 0 Å². The van der Waals surface area contributed by atoms with Crippen LogP contribution >= 0.6 is 11.3 Å². The number of carbonyl (C=O) groups is 2. The highest BCUT2D eigenvalue weighted by molar-refractivity contribution is 7.10. The lowest BCUT2D eigenvalue weighted by atomic mass is 10.1. The number of halogens is 1. The second-order valence-corrected chi connectivity index (χ2v) is 10.9. The van der Waals surface area contributed by atoms with Crippen molar-refractivity contribution in [3.63, 3.8) is 0 Å². The Balaban J connectivity index is 1.33. The first-order chi connectivity index (χ1) is 18.9. The maximum atomic E-state index is 13.8. The molecule has 1 aromatic heterocycles. The summed E-state index contributed by atoms with van der Waals surface area (Å²) in [6, 6.07) is 13.1.